The predicted molar refractivity (Wildman–Crippen MR) is 86.5 cm³/mol. The zero-order valence-corrected chi connectivity index (χ0v) is 14.0. The number of terminal acetylenes is 1. The van der Waals surface area contributed by atoms with Gasteiger partial charge in [0.25, 0.3) is 0 Å². The summed E-state index contributed by atoms with van der Waals surface area (Å²) in [6.45, 7) is 6.97. The summed E-state index contributed by atoms with van der Waals surface area (Å²) < 4.78 is 26.3. The number of hydrogen-bond donors (Lipinski definition) is 0. The highest BCUT2D eigenvalue weighted by Crippen LogP contribution is 2.15. The van der Waals surface area contributed by atoms with Gasteiger partial charge in [-0.2, -0.15) is 4.31 Å². The summed E-state index contributed by atoms with van der Waals surface area (Å²) in [5, 5.41) is 0. The molecule has 0 aliphatic carbocycles. The van der Waals surface area contributed by atoms with Crippen LogP contribution in [0, 0.1) is 12.3 Å². The van der Waals surface area contributed by atoms with Crippen molar-refractivity contribution in [2.75, 3.05) is 13.1 Å². The van der Waals surface area contributed by atoms with E-state index in [4.69, 9.17) is 6.42 Å². The first-order chi connectivity index (χ1) is 9.27. The van der Waals surface area contributed by atoms with Gasteiger partial charge in [-0.15, -0.1) is 6.42 Å². The normalized spacial score (nSPS) is 12.8. The molecule has 0 aromatic heterocycles. The Kier molecular flexibility index (Phi) is 5.75. The average Bonchev–Trinajstić information content (AvgIpc) is 2.37. The van der Waals surface area contributed by atoms with Crippen LogP contribution in [0.2, 0.25) is 19.6 Å². The van der Waals surface area contributed by atoms with Crippen LogP contribution in [0.15, 0.2) is 47.0 Å². The van der Waals surface area contributed by atoms with Crippen molar-refractivity contribution in [2.45, 2.75) is 24.5 Å². The summed E-state index contributed by atoms with van der Waals surface area (Å²) in [7, 11) is -4.87. The Morgan fingerprint density at radius 1 is 1.25 bits per heavy atom. The van der Waals surface area contributed by atoms with Crippen LogP contribution in [0.3, 0.4) is 0 Å². The molecule has 0 aliphatic heterocycles. The molecule has 0 spiro atoms. The third-order valence-corrected chi connectivity index (χ3v) is 5.64. The van der Waals surface area contributed by atoms with Crippen molar-refractivity contribution >= 4 is 18.1 Å². The zero-order chi connectivity index (χ0) is 15.2. The summed E-state index contributed by atoms with van der Waals surface area (Å²) in [5.41, 5.74) is 2.12. The Hall–Kier alpha value is -1.35. The van der Waals surface area contributed by atoms with E-state index in [1.807, 2.05) is 6.08 Å². The van der Waals surface area contributed by atoms with Gasteiger partial charge in [-0.1, -0.05) is 55.5 Å². The second-order valence-corrected chi connectivity index (χ2v) is 12.6. The lowest BCUT2D eigenvalue weighted by Crippen LogP contribution is -2.32. The van der Waals surface area contributed by atoms with Gasteiger partial charge in [0.15, 0.2) is 0 Å². The van der Waals surface area contributed by atoms with Gasteiger partial charge < -0.3 is 0 Å². The topological polar surface area (TPSA) is 37.4 Å². The molecular weight excluding hydrogens is 286 g/mol. The molecule has 0 amide bonds. The minimum Gasteiger partial charge on any atom is -0.207 e. The van der Waals surface area contributed by atoms with Gasteiger partial charge in [0.05, 0.1) is 19.5 Å². The van der Waals surface area contributed by atoms with Crippen LogP contribution in [0.5, 0.6) is 0 Å². The maximum atomic E-state index is 12.5. The molecule has 0 heterocycles. The maximum absolute atomic E-state index is 12.5. The minimum atomic E-state index is -3.53. The molecule has 1 aromatic rings. The van der Waals surface area contributed by atoms with Crippen molar-refractivity contribution in [3.63, 3.8) is 0 Å². The number of hydrogen-bond acceptors (Lipinski definition) is 2. The van der Waals surface area contributed by atoms with Crippen molar-refractivity contribution in [3.05, 3.63) is 42.1 Å². The van der Waals surface area contributed by atoms with E-state index in [2.05, 4.69) is 31.3 Å². The molecule has 0 atom stereocenters. The zero-order valence-electron chi connectivity index (χ0n) is 12.2. The molecule has 0 bridgehead atoms. The van der Waals surface area contributed by atoms with Crippen molar-refractivity contribution in [1.29, 1.82) is 0 Å². The Morgan fingerprint density at radius 3 is 2.35 bits per heavy atom. The van der Waals surface area contributed by atoms with E-state index in [1.165, 1.54) is 4.31 Å². The van der Waals surface area contributed by atoms with Gasteiger partial charge in [-0.05, 0) is 12.1 Å². The first kappa shape index (κ1) is 16.7. The fourth-order valence-corrected chi connectivity index (χ4v) is 3.75. The maximum Gasteiger partial charge on any atom is 0.244 e. The van der Waals surface area contributed by atoms with E-state index in [-0.39, 0.29) is 11.4 Å². The quantitative estimate of drug-likeness (QED) is 0.598. The standard InChI is InChI=1S/C15H21NO2SSi/c1-5-12-16(13-9-14-20(2,3)4)19(17,18)15-10-7-6-8-11-15/h1,6-11,14H,12-13H2,2-4H3/b14-9+. The monoisotopic (exact) mass is 307 g/mol. The van der Waals surface area contributed by atoms with Crippen LogP contribution in [0.4, 0.5) is 0 Å². The van der Waals surface area contributed by atoms with Crippen LogP contribution in [-0.4, -0.2) is 33.9 Å². The number of sulfonamides is 1. The molecule has 20 heavy (non-hydrogen) atoms. The molecule has 0 N–H and O–H groups in total. The molecule has 5 heteroatoms. The Labute approximate surface area is 123 Å². The molecule has 108 valence electrons. The first-order valence-electron chi connectivity index (χ1n) is 6.44. The molecular formula is C15H21NO2SSi. The molecule has 0 saturated carbocycles. The van der Waals surface area contributed by atoms with Crippen LogP contribution in [-0.2, 0) is 10.0 Å². The lowest BCUT2D eigenvalue weighted by Gasteiger charge is -2.19. The van der Waals surface area contributed by atoms with Crippen molar-refractivity contribution in [3.8, 4) is 12.3 Å². The van der Waals surface area contributed by atoms with E-state index >= 15 is 0 Å². The molecule has 1 aromatic carbocycles. The summed E-state index contributed by atoms with van der Waals surface area (Å²) in [6.07, 6.45) is 7.20. The molecule has 0 radical (unpaired) electrons. The van der Waals surface area contributed by atoms with Crippen molar-refractivity contribution in [1.82, 2.24) is 4.31 Å². The Balaban J connectivity index is 2.97. The van der Waals surface area contributed by atoms with Crippen molar-refractivity contribution < 1.29 is 8.42 Å². The summed E-state index contributed by atoms with van der Waals surface area (Å²) in [6, 6.07) is 8.37. The number of benzene rings is 1. The molecule has 0 fully saturated rings. The van der Waals surface area contributed by atoms with E-state index < -0.39 is 18.1 Å². The molecule has 1 rings (SSSR count). The average molecular weight is 307 g/mol. The molecule has 0 aliphatic rings. The highest BCUT2D eigenvalue weighted by Gasteiger charge is 2.22. The fourth-order valence-electron chi connectivity index (χ4n) is 1.61. The smallest absolute Gasteiger partial charge is 0.207 e. The number of nitrogens with zero attached hydrogens (tertiary/aromatic N) is 1. The van der Waals surface area contributed by atoms with Gasteiger partial charge in [0.2, 0.25) is 10.0 Å². The van der Waals surface area contributed by atoms with Crippen molar-refractivity contribution in [2.24, 2.45) is 0 Å². The summed E-state index contributed by atoms with van der Waals surface area (Å²) in [4.78, 5) is 0.275. The van der Waals surface area contributed by atoms with Crippen LogP contribution >= 0.6 is 0 Å². The predicted octanol–water partition coefficient (Wildman–Crippen LogP) is 2.74. The van der Waals surface area contributed by atoms with Gasteiger partial charge in [0.1, 0.15) is 0 Å². The van der Waals surface area contributed by atoms with E-state index in [0.717, 1.165) is 0 Å². The van der Waals surface area contributed by atoms with Gasteiger partial charge >= 0.3 is 0 Å². The third kappa shape index (κ3) is 4.97. The van der Waals surface area contributed by atoms with Crippen LogP contribution in [0.25, 0.3) is 0 Å². The Morgan fingerprint density at radius 2 is 1.85 bits per heavy atom. The highest BCUT2D eigenvalue weighted by molar-refractivity contribution is 7.89. The summed E-state index contributed by atoms with van der Waals surface area (Å²) in [5.74, 6) is 2.42. The lowest BCUT2D eigenvalue weighted by atomic mass is 10.4. The fraction of sp³-hybridized carbons (Fsp3) is 0.333. The largest absolute Gasteiger partial charge is 0.244 e. The molecule has 0 unspecified atom stereocenters. The van der Waals surface area contributed by atoms with Gasteiger partial charge in [0, 0.05) is 6.54 Å². The second-order valence-electron chi connectivity index (χ2n) is 5.58. The minimum absolute atomic E-state index is 0.0767. The first-order valence-corrected chi connectivity index (χ1v) is 11.5. The molecule has 3 nitrogen and oxygen atoms in total. The van der Waals surface area contributed by atoms with E-state index in [9.17, 15) is 8.42 Å². The second kappa shape index (κ2) is 6.89. The van der Waals surface area contributed by atoms with Crippen LogP contribution < -0.4 is 0 Å². The van der Waals surface area contributed by atoms with Gasteiger partial charge in [-0.25, -0.2) is 8.42 Å². The van der Waals surface area contributed by atoms with Crippen LogP contribution in [0.1, 0.15) is 0 Å². The summed E-state index contributed by atoms with van der Waals surface area (Å²) >= 11 is 0. The highest BCUT2D eigenvalue weighted by atomic mass is 32.2. The number of rotatable bonds is 6. The van der Waals surface area contributed by atoms with Gasteiger partial charge in [-0.3, -0.25) is 0 Å². The Bertz CT molecular complexity index is 595. The molecule has 0 saturated heterocycles. The van der Waals surface area contributed by atoms with E-state index in [0.29, 0.717) is 6.54 Å². The van der Waals surface area contributed by atoms with E-state index in [1.54, 1.807) is 30.3 Å². The lowest BCUT2D eigenvalue weighted by molar-refractivity contribution is 0.478. The SMILES string of the molecule is C#CCN(C/C=C/[Si](C)(C)C)S(=O)(=O)c1ccccc1. The third-order valence-electron chi connectivity index (χ3n) is 2.58.